The minimum Gasteiger partial charge on any atom is -0.340 e. The third-order valence-electron chi connectivity index (χ3n) is 2.90. The molecule has 0 bridgehead atoms. The monoisotopic (exact) mass is 217 g/mol. The van der Waals surface area contributed by atoms with Crippen LogP contribution in [0.3, 0.4) is 0 Å². The van der Waals surface area contributed by atoms with Crippen molar-refractivity contribution in [2.24, 2.45) is 0 Å². The molecule has 2 aromatic rings. The molecule has 0 amide bonds. The molecular formula is C12H15N3O. The second-order valence-electron chi connectivity index (χ2n) is 4.03. The fraction of sp³-hybridized carbons (Fsp3) is 0.417. The highest BCUT2D eigenvalue weighted by atomic mass is 16.1. The molecule has 0 aliphatic carbocycles. The highest BCUT2D eigenvalue weighted by molar-refractivity contribution is 6.04. The number of fused-ring (bicyclic) bond motifs is 1. The molecule has 0 saturated carbocycles. The van der Waals surface area contributed by atoms with Gasteiger partial charge in [-0.3, -0.25) is 4.79 Å². The Morgan fingerprint density at radius 1 is 1.56 bits per heavy atom. The highest BCUT2D eigenvalue weighted by Crippen LogP contribution is 2.23. The average molecular weight is 217 g/mol. The van der Waals surface area contributed by atoms with Gasteiger partial charge in [-0.25, -0.2) is 9.97 Å². The van der Waals surface area contributed by atoms with Crippen molar-refractivity contribution in [1.29, 1.82) is 0 Å². The van der Waals surface area contributed by atoms with Crippen LogP contribution in [0.25, 0.3) is 10.9 Å². The quantitative estimate of drug-likeness (QED) is 0.742. The number of ketones is 1. The fourth-order valence-corrected chi connectivity index (χ4v) is 1.86. The molecule has 4 heteroatoms. The predicted molar refractivity (Wildman–Crippen MR) is 62.5 cm³/mol. The van der Waals surface area contributed by atoms with Gasteiger partial charge in [0.1, 0.15) is 17.5 Å². The van der Waals surface area contributed by atoms with Gasteiger partial charge >= 0.3 is 0 Å². The van der Waals surface area contributed by atoms with E-state index in [-0.39, 0.29) is 5.78 Å². The van der Waals surface area contributed by atoms with Gasteiger partial charge in [-0.05, 0) is 13.3 Å². The van der Waals surface area contributed by atoms with E-state index in [2.05, 4.69) is 23.8 Å². The van der Waals surface area contributed by atoms with Crippen LogP contribution >= 0.6 is 0 Å². The number of aromatic nitrogens is 3. The third kappa shape index (κ3) is 1.60. The number of rotatable bonds is 3. The lowest BCUT2D eigenvalue weighted by atomic mass is 10.2. The Labute approximate surface area is 94.3 Å². The standard InChI is InChI=1S/C12H15N3O/c1-4-8(2)15-6-10-5-13-7-14-11(10)12(15)9(3)16/h5-8H,4H2,1-3H3. The molecule has 0 spiro atoms. The molecule has 4 nitrogen and oxygen atoms in total. The van der Waals surface area contributed by atoms with E-state index in [0.29, 0.717) is 11.7 Å². The Morgan fingerprint density at radius 3 is 2.94 bits per heavy atom. The third-order valence-corrected chi connectivity index (χ3v) is 2.90. The molecule has 2 heterocycles. The van der Waals surface area contributed by atoms with Crippen LogP contribution in [0.2, 0.25) is 0 Å². The molecule has 1 atom stereocenters. The zero-order valence-electron chi connectivity index (χ0n) is 9.77. The summed E-state index contributed by atoms with van der Waals surface area (Å²) in [6.45, 7) is 5.78. The minimum absolute atomic E-state index is 0.0500. The molecule has 0 N–H and O–H groups in total. The molecular weight excluding hydrogens is 202 g/mol. The zero-order valence-corrected chi connectivity index (χ0v) is 9.77. The summed E-state index contributed by atoms with van der Waals surface area (Å²) in [5, 5.41) is 0.924. The van der Waals surface area contributed by atoms with Crippen LogP contribution in [0.15, 0.2) is 18.7 Å². The summed E-state index contributed by atoms with van der Waals surface area (Å²) in [7, 11) is 0. The average Bonchev–Trinajstić information content (AvgIpc) is 2.67. The second kappa shape index (κ2) is 4.04. The summed E-state index contributed by atoms with van der Waals surface area (Å²) >= 11 is 0. The lowest BCUT2D eigenvalue weighted by molar-refractivity contribution is 0.100. The lowest BCUT2D eigenvalue weighted by Crippen LogP contribution is -2.10. The second-order valence-corrected chi connectivity index (χ2v) is 4.03. The van der Waals surface area contributed by atoms with E-state index < -0.39 is 0 Å². The van der Waals surface area contributed by atoms with Gasteiger partial charge in [0.2, 0.25) is 0 Å². The number of hydrogen-bond donors (Lipinski definition) is 0. The van der Waals surface area contributed by atoms with E-state index in [4.69, 9.17) is 0 Å². The number of carbonyl (C=O) groups is 1. The van der Waals surface area contributed by atoms with Gasteiger partial charge in [0.25, 0.3) is 0 Å². The Kier molecular flexibility index (Phi) is 2.73. The van der Waals surface area contributed by atoms with Gasteiger partial charge in [0, 0.05) is 30.7 Å². The van der Waals surface area contributed by atoms with Crippen molar-refractivity contribution in [3.63, 3.8) is 0 Å². The first-order chi connectivity index (χ1) is 7.65. The van der Waals surface area contributed by atoms with Gasteiger partial charge in [-0.2, -0.15) is 0 Å². The van der Waals surface area contributed by atoms with Crippen LogP contribution in [-0.4, -0.2) is 20.3 Å². The molecule has 0 fully saturated rings. The lowest BCUT2D eigenvalue weighted by Gasteiger charge is -2.13. The van der Waals surface area contributed by atoms with Gasteiger partial charge in [0.05, 0.1) is 0 Å². The molecule has 0 aliphatic heterocycles. The van der Waals surface area contributed by atoms with E-state index >= 15 is 0 Å². The van der Waals surface area contributed by atoms with Crippen LogP contribution in [0, 0.1) is 0 Å². The van der Waals surface area contributed by atoms with Gasteiger partial charge in [-0.15, -0.1) is 0 Å². The normalized spacial score (nSPS) is 12.9. The van der Waals surface area contributed by atoms with E-state index in [1.807, 2.05) is 10.8 Å². The molecule has 1 unspecified atom stereocenters. The maximum Gasteiger partial charge on any atom is 0.178 e. The minimum atomic E-state index is 0.0500. The fourth-order valence-electron chi connectivity index (χ4n) is 1.86. The van der Waals surface area contributed by atoms with E-state index in [0.717, 1.165) is 17.3 Å². The highest BCUT2D eigenvalue weighted by Gasteiger charge is 2.17. The van der Waals surface area contributed by atoms with E-state index in [1.54, 1.807) is 13.1 Å². The molecule has 0 aliphatic rings. The van der Waals surface area contributed by atoms with Crippen molar-refractivity contribution in [3.05, 3.63) is 24.4 Å². The molecule has 0 radical (unpaired) electrons. The van der Waals surface area contributed by atoms with Crippen molar-refractivity contribution in [2.75, 3.05) is 0 Å². The van der Waals surface area contributed by atoms with Crippen molar-refractivity contribution in [2.45, 2.75) is 33.2 Å². The molecule has 2 aromatic heterocycles. The molecule has 84 valence electrons. The van der Waals surface area contributed by atoms with E-state index in [1.165, 1.54) is 6.33 Å². The number of carbonyl (C=O) groups excluding carboxylic acids is 1. The Hall–Kier alpha value is -1.71. The van der Waals surface area contributed by atoms with Gasteiger partial charge < -0.3 is 4.57 Å². The Balaban J connectivity index is 2.73. The van der Waals surface area contributed by atoms with Crippen molar-refractivity contribution < 1.29 is 4.79 Å². The van der Waals surface area contributed by atoms with Crippen LogP contribution in [-0.2, 0) is 0 Å². The van der Waals surface area contributed by atoms with Crippen LogP contribution in [0.4, 0.5) is 0 Å². The van der Waals surface area contributed by atoms with Gasteiger partial charge in [-0.1, -0.05) is 6.92 Å². The molecule has 16 heavy (non-hydrogen) atoms. The number of hydrogen-bond acceptors (Lipinski definition) is 3. The summed E-state index contributed by atoms with van der Waals surface area (Å²) in [5.74, 6) is 0.0500. The topological polar surface area (TPSA) is 47.8 Å². The van der Waals surface area contributed by atoms with Crippen LogP contribution in [0.1, 0.15) is 43.7 Å². The Morgan fingerprint density at radius 2 is 2.31 bits per heavy atom. The van der Waals surface area contributed by atoms with Crippen molar-refractivity contribution >= 4 is 16.7 Å². The van der Waals surface area contributed by atoms with E-state index in [9.17, 15) is 4.79 Å². The summed E-state index contributed by atoms with van der Waals surface area (Å²) in [5.41, 5.74) is 1.44. The van der Waals surface area contributed by atoms with Crippen LogP contribution < -0.4 is 0 Å². The maximum absolute atomic E-state index is 11.7. The van der Waals surface area contributed by atoms with Crippen molar-refractivity contribution in [3.8, 4) is 0 Å². The first-order valence-electron chi connectivity index (χ1n) is 5.46. The zero-order chi connectivity index (χ0) is 11.7. The SMILES string of the molecule is CCC(C)n1cc2cncnc2c1C(C)=O. The summed E-state index contributed by atoms with van der Waals surface area (Å²) in [6.07, 6.45) is 6.16. The van der Waals surface area contributed by atoms with Crippen LogP contribution in [0.5, 0.6) is 0 Å². The molecule has 0 aromatic carbocycles. The molecule has 0 saturated heterocycles. The first-order valence-corrected chi connectivity index (χ1v) is 5.46. The summed E-state index contributed by atoms with van der Waals surface area (Å²) in [4.78, 5) is 19.8. The van der Waals surface area contributed by atoms with Gasteiger partial charge in [0.15, 0.2) is 5.78 Å². The van der Waals surface area contributed by atoms with Crippen molar-refractivity contribution in [1.82, 2.24) is 14.5 Å². The number of Topliss-reactive ketones (excluding diaryl/α,β-unsaturated/α-hetero) is 1. The summed E-state index contributed by atoms with van der Waals surface area (Å²) in [6, 6.07) is 0.299. The summed E-state index contributed by atoms with van der Waals surface area (Å²) < 4.78 is 2.00. The predicted octanol–water partition coefficient (Wildman–Crippen LogP) is 2.60. The Bertz CT molecular complexity index is 530. The first kappa shape index (κ1) is 10.8. The molecule has 2 rings (SSSR count). The smallest absolute Gasteiger partial charge is 0.178 e. The maximum atomic E-state index is 11.7. The largest absolute Gasteiger partial charge is 0.340 e. The number of nitrogens with zero attached hydrogens (tertiary/aromatic N) is 3.